The largest absolute Gasteiger partial charge is 0.325 e. The number of pyridine rings is 1. The van der Waals surface area contributed by atoms with Crippen molar-refractivity contribution in [3.63, 3.8) is 0 Å². The van der Waals surface area contributed by atoms with Crippen LogP contribution in [0.4, 0.5) is 29.5 Å². The van der Waals surface area contributed by atoms with Gasteiger partial charge in [0.05, 0.1) is 0 Å². The summed E-state index contributed by atoms with van der Waals surface area (Å²) in [6.07, 6.45) is 4.26. The molecule has 2 aromatic carbocycles. The molecule has 3 aromatic rings. The van der Waals surface area contributed by atoms with Crippen LogP contribution in [0, 0.1) is 22.9 Å². The molecule has 4 amide bonds. The number of benzene rings is 2. The molecule has 3 fully saturated rings. The zero-order chi connectivity index (χ0) is 31.6. The maximum atomic E-state index is 14.6. The molecule has 11 nitrogen and oxygen atoms in total. The first-order chi connectivity index (χ1) is 21.7. The van der Waals surface area contributed by atoms with Crippen molar-refractivity contribution in [2.24, 2.45) is 5.41 Å². The van der Waals surface area contributed by atoms with Crippen molar-refractivity contribution in [1.82, 2.24) is 20.3 Å². The number of urea groups is 1. The summed E-state index contributed by atoms with van der Waals surface area (Å²) in [5.74, 6) is -4.60. The van der Waals surface area contributed by atoms with Crippen LogP contribution in [0.1, 0.15) is 37.2 Å². The minimum atomic E-state index is -1.88. The van der Waals surface area contributed by atoms with E-state index in [0.29, 0.717) is 19.1 Å². The van der Waals surface area contributed by atoms with Crippen LogP contribution in [0.15, 0.2) is 60.8 Å². The molecule has 3 heterocycles. The smallest absolute Gasteiger partial charge is 0.323 e. The van der Waals surface area contributed by atoms with Gasteiger partial charge < -0.3 is 20.0 Å². The summed E-state index contributed by atoms with van der Waals surface area (Å²) in [4.78, 5) is 57.9. The van der Waals surface area contributed by atoms with Gasteiger partial charge in [0.2, 0.25) is 5.91 Å². The standard InChI is InChI=1S/C31H31F3N6O5/c32-19-2-5-21(6-3-19)36-28(41)31(18-25(31)24-16-20(33)4-7-26(24)34)29(42)38-45-44-23-8-11-35-27(17-23)37-30(43)40-14-9-22(10-15-40)39-12-1-13-39/h2-8,11,16-17,22,25H,1,9-10,12-15,18H2,(H,36,41)(H,38,42)(H,35,37,43). The van der Waals surface area contributed by atoms with Crippen LogP contribution in [0.2, 0.25) is 0 Å². The van der Waals surface area contributed by atoms with Gasteiger partial charge in [-0.15, -0.1) is 0 Å². The number of nitrogens with zero attached hydrogens (tertiary/aromatic N) is 3. The number of hydrogen-bond acceptors (Lipinski definition) is 7. The Bertz CT molecular complexity index is 1580. The second-order valence-electron chi connectivity index (χ2n) is 11.4. The normalized spacial score (nSPS) is 21.4. The van der Waals surface area contributed by atoms with Crippen molar-refractivity contribution >= 4 is 29.4 Å². The maximum Gasteiger partial charge on any atom is 0.323 e. The molecule has 45 heavy (non-hydrogen) atoms. The number of hydrogen-bond donors (Lipinski definition) is 3. The molecule has 2 atom stereocenters. The van der Waals surface area contributed by atoms with Crippen LogP contribution in [-0.4, -0.2) is 64.9 Å². The topological polar surface area (TPSA) is 125 Å². The van der Waals surface area contributed by atoms with Crippen LogP contribution in [-0.2, 0) is 14.6 Å². The average Bonchev–Trinajstić information content (AvgIpc) is 3.76. The van der Waals surface area contributed by atoms with E-state index in [2.05, 4.69) is 26.0 Å². The molecule has 0 spiro atoms. The first-order valence-electron chi connectivity index (χ1n) is 14.6. The van der Waals surface area contributed by atoms with Crippen LogP contribution in [0.25, 0.3) is 0 Å². The van der Waals surface area contributed by atoms with E-state index in [-0.39, 0.29) is 35.3 Å². The Morgan fingerprint density at radius 3 is 2.31 bits per heavy atom. The number of rotatable bonds is 9. The molecule has 3 aliphatic rings. The molecule has 0 radical (unpaired) electrons. The molecule has 3 N–H and O–H groups in total. The fraction of sp³-hybridized carbons (Fsp3) is 0.355. The van der Waals surface area contributed by atoms with E-state index in [1.54, 1.807) is 4.90 Å². The SMILES string of the molecule is O=C(Nc1cc(OONC(=O)C2(C(=O)Nc3ccc(F)cc3)CC2c2cc(F)ccc2F)ccn1)N1CCC(N2CCC2)CC1. The lowest BCUT2D eigenvalue weighted by atomic mass is 9.96. The molecule has 2 saturated heterocycles. The van der Waals surface area contributed by atoms with Crippen molar-refractivity contribution in [2.75, 3.05) is 36.8 Å². The summed E-state index contributed by atoms with van der Waals surface area (Å²) in [5, 5.41) is 5.26. The maximum absolute atomic E-state index is 14.6. The van der Waals surface area contributed by atoms with E-state index >= 15 is 0 Å². The molecule has 1 aliphatic carbocycles. The Labute approximate surface area is 256 Å². The lowest BCUT2D eigenvalue weighted by Gasteiger charge is -2.42. The zero-order valence-electron chi connectivity index (χ0n) is 24.1. The lowest BCUT2D eigenvalue weighted by Crippen LogP contribution is -2.51. The number of piperidine rings is 1. The molecule has 1 aromatic heterocycles. The summed E-state index contributed by atoms with van der Waals surface area (Å²) in [7, 11) is 0. The second kappa shape index (κ2) is 12.7. The van der Waals surface area contributed by atoms with E-state index in [1.165, 1.54) is 36.9 Å². The number of hydroxylamine groups is 1. The summed E-state index contributed by atoms with van der Waals surface area (Å²) >= 11 is 0. The summed E-state index contributed by atoms with van der Waals surface area (Å²) in [6.45, 7) is 3.50. The van der Waals surface area contributed by atoms with Gasteiger partial charge in [-0.1, -0.05) is 4.99 Å². The highest BCUT2D eigenvalue weighted by Crippen LogP contribution is 2.60. The Balaban J connectivity index is 1.07. The van der Waals surface area contributed by atoms with Gasteiger partial charge in [-0.25, -0.2) is 22.9 Å². The van der Waals surface area contributed by atoms with E-state index in [9.17, 15) is 27.6 Å². The van der Waals surface area contributed by atoms with Gasteiger partial charge in [-0.3, -0.25) is 14.9 Å². The highest BCUT2D eigenvalue weighted by molar-refractivity contribution is 6.14. The summed E-state index contributed by atoms with van der Waals surface area (Å²) in [5.41, 5.74) is 0.222. The monoisotopic (exact) mass is 624 g/mol. The fourth-order valence-electron chi connectivity index (χ4n) is 5.86. The van der Waals surface area contributed by atoms with E-state index in [4.69, 9.17) is 9.88 Å². The number of amides is 4. The van der Waals surface area contributed by atoms with Crippen LogP contribution >= 0.6 is 0 Å². The molecular weight excluding hydrogens is 593 g/mol. The van der Waals surface area contributed by atoms with Gasteiger partial charge in [-0.2, -0.15) is 5.48 Å². The van der Waals surface area contributed by atoms with E-state index in [0.717, 1.165) is 56.3 Å². The molecular formula is C31H31F3N6O5. The molecule has 14 heteroatoms. The highest BCUT2D eigenvalue weighted by atomic mass is 19.1. The van der Waals surface area contributed by atoms with Crippen molar-refractivity contribution < 1.29 is 37.4 Å². The third kappa shape index (κ3) is 6.56. The van der Waals surface area contributed by atoms with Crippen molar-refractivity contribution in [3.05, 3.63) is 83.8 Å². The van der Waals surface area contributed by atoms with E-state index in [1.807, 2.05) is 0 Å². The number of likely N-dealkylation sites (tertiary alicyclic amines) is 2. The van der Waals surface area contributed by atoms with Gasteiger partial charge in [0, 0.05) is 49.1 Å². The molecule has 6 rings (SSSR count). The number of halogens is 3. The highest BCUT2D eigenvalue weighted by Gasteiger charge is 2.67. The number of aromatic nitrogens is 1. The molecule has 236 valence electrons. The van der Waals surface area contributed by atoms with Crippen molar-refractivity contribution in [2.45, 2.75) is 37.6 Å². The molecule has 2 unspecified atom stereocenters. The Morgan fingerprint density at radius 2 is 1.60 bits per heavy atom. The minimum Gasteiger partial charge on any atom is -0.325 e. The first kappa shape index (κ1) is 30.3. The predicted octanol–water partition coefficient (Wildman–Crippen LogP) is 4.36. The van der Waals surface area contributed by atoms with Gasteiger partial charge >= 0.3 is 6.03 Å². The predicted molar refractivity (Wildman–Crippen MR) is 155 cm³/mol. The van der Waals surface area contributed by atoms with E-state index < -0.39 is 40.6 Å². The third-order valence-corrected chi connectivity index (χ3v) is 8.60. The minimum absolute atomic E-state index is 0.0745. The first-order valence-corrected chi connectivity index (χ1v) is 14.6. The quantitative estimate of drug-likeness (QED) is 0.184. The average molecular weight is 625 g/mol. The Hall–Kier alpha value is -4.69. The van der Waals surface area contributed by atoms with Crippen LogP contribution < -0.4 is 21.0 Å². The fourth-order valence-corrected chi connectivity index (χ4v) is 5.86. The lowest BCUT2D eigenvalue weighted by molar-refractivity contribution is -0.255. The van der Waals surface area contributed by atoms with Gasteiger partial charge in [-0.05, 0) is 86.8 Å². The van der Waals surface area contributed by atoms with Crippen LogP contribution in [0.3, 0.4) is 0 Å². The number of carbonyl (C=O) groups is 3. The second-order valence-corrected chi connectivity index (χ2v) is 11.4. The Morgan fingerprint density at radius 1 is 0.867 bits per heavy atom. The van der Waals surface area contributed by atoms with Crippen molar-refractivity contribution in [1.29, 1.82) is 0 Å². The van der Waals surface area contributed by atoms with Gasteiger partial charge in [0.25, 0.3) is 5.91 Å². The number of anilines is 2. The third-order valence-electron chi connectivity index (χ3n) is 8.60. The number of nitrogens with one attached hydrogen (secondary N) is 3. The zero-order valence-corrected chi connectivity index (χ0v) is 24.1. The molecule has 0 bridgehead atoms. The van der Waals surface area contributed by atoms with Crippen LogP contribution in [0.5, 0.6) is 5.75 Å². The molecule has 1 saturated carbocycles. The van der Waals surface area contributed by atoms with Gasteiger partial charge in [0.15, 0.2) is 5.75 Å². The van der Waals surface area contributed by atoms with Crippen molar-refractivity contribution in [3.8, 4) is 5.75 Å². The Kier molecular flexibility index (Phi) is 8.59. The summed E-state index contributed by atoms with van der Waals surface area (Å²) in [6, 6.07) is 10.6. The summed E-state index contributed by atoms with van der Waals surface area (Å²) < 4.78 is 41.9. The molecule has 2 aliphatic heterocycles. The van der Waals surface area contributed by atoms with Gasteiger partial charge in [0.1, 0.15) is 28.7 Å². The number of carbonyl (C=O) groups excluding carboxylic acids is 3.